The smallest absolute Gasteiger partial charge is 0.239 e. The Labute approximate surface area is 146 Å². The molecule has 4 heteroatoms. The van der Waals surface area contributed by atoms with Gasteiger partial charge in [0.05, 0.1) is 6.04 Å². The summed E-state index contributed by atoms with van der Waals surface area (Å²) in [4.78, 5) is 17.3. The minimum atomic E-state index is -0.368. The third-order valence-corrected chi connectivity index (χ3v) is 5.40. The first kappa shape index (κ1) is 17.4. The van der Waals surface area contributed by atoms with Crippen LogP contribution in [0.4, 0.5) is 0 Å². The molecule has 2 fully saturated rings. The van der Waals surface area contributed by atoms with Crippen LogP contribution in [0.5, 0.6) is 0 Å². The molecule has 2 aliphatic rings. The molecule has 0 radical (unpaired) electrons. The van der Waals surface area contributed by atoms with E-state index in [9.17, 15) is 4.79 Å². The molecule has 0 bridgehead atoms. The van der Waals surface area contributed by atoms with Crippen molar-refractivity contribution in [2.75, 3.05) is 13.1 Å². The lowest BCUT2D eigenvalue weighted by Crippen LogP contribution is -2.54. The fourth-order valence-electron chi connectivity index (χ4n) is 3.68. The lowest BCUT2D eigenvalue weighted by Gasteiger charge is -2.40. The maximum absolute atomic E-state index is 12.6. The average Bonchev–Trinajstić information content (AvgIpc) is 3.44. The van der Waals surface area contributed by atoms with E-state index in [1.807, 2.05) is 18.7 Å². The number of nitrogens with two attached hydrogens (primary N) is 1. The van der Waals surface area contributed by atoms with Gasteiger partial charge in [0.15, 0.2) is 0 Å². The normalized spacial score (nSPS) is 22.9. The Morgan fingerprint density at radius 1 is 1.21 bits per heavy atom. The summed E-state index contributed by atoms with van der Waals surface area (Å²) >= 11 is 0. The minimum Gasteiger partial charge on any atom is -0.340 e. The Bertz CT molecular complexity index is 541. The van der Waals surface area contributed by atoms with E-state index >= 15 is 0 Å². The molecule has 24 heavy (non-hydrogen) atoms. The van der Waals surface area contributed by atoms with Gasteiger partial charge in [0.2, 0.25) is 5.91 Å². The van der Waals surface area contributed by atoms with Crippen molar-refractivity contribution in [3.63, 3.8) is 0 Å². The van der Waals surface area contributed by atoms with Gasteiger partial charge in [0.25, 0.3) is 0 Å². The summed E-state index contributed by atoms with van der Waals surface area (Å²) in [5, 5.41) is 0. The highest BCUT2D eigenvalue weighted by molar-refractivity contribution is 5.82. The van der Waals surface area contributed by atoms with Gasteiger partial charge in [0, 0.05) is 31.7 Å². The van der Waals surface area contributed by atoms with Crippen LogP contribution in [0.3, 0.4) is 0 Å². The largest absolute Gasteiger partial charge is 0.340 e. The standard InChI is InChI=1S/C20H31N3O/c1-15(2)19(21)20(24)22-12-6-9-18(14-22)23(17-10-11-17)13-16-7-4-3-5-8-16/h3-5,7-8,15,17-19H,6,9-14,21H2,1-2H3/t18-,19?/m0/s1. The molecule has 1 heterocycles. The van der Waals surface area contributed by atoms with Crippen molar-refractivity contribution >= 4 is 5.91 Å². The first-order valence-electron chi connectivity index (χ1n) is 9.40. The molecule has 2 N–H and O–H groups in total. The molecule has 3 rings (SSSR count). The van der Waals surface area contributed by atoms with Crippen LogP contribution in [0, 0.1) is 5.92 Å². The van der Waals surface area contributed by atoms with Crippen molar-refractivity contribution < 1.29 is 4.79 Å². The molecule has 1 aromatic rings. The Hall–Kier alpha value is -1.39. The maximum atomic E-state index is 12.6. The highest BCUT2D eigenvalue weighted by atomic mass is 16.2. The fraction of sp³-hybridized carbons (Fsp3) is 0.650. The van der Waals surface area contributed by atoms with Crippen molar-refractivity contribution in [3.8, 4) is 0 Å². The molecule has 1 amide bonds. The quantitative estimate of drug-likeness (QED) is 0.873. The van der Waals surface area contributed by atoms with E-state index in [0.29, 0.717) is 12.1 Å². The van der Waals surface area contributed by atoms with Gasteiger partial charge in [-0.25, -0.2) is 0 Å². The van der Waals surface area contributed by atoms with Crippen LogP contribution >= 0.6 is 0 Å². The Morgan fingerprint density at radius 2 is 1.92 bits per heavy atom. The van der Waals surface area contributed by atoms with E-state index in [1.165, 1.54) is 24.8 Å². The van der Waals surface area contributed by atoms with Crippen molar-refractivity contribution in [1.82, 2.24) is 9.80 Å². The lowest BCUT2D eigenvalue weighted by atomic mass is 9.99. The SMILES string of the molecule is CC(C)C(N)C(=O)N1CCC[C@H](N(Cc2ccccc2)C2CC2)C1. The predicted molar refractivity (Wildman–Crippen MR) is 97.4 cm³/mol. The van der Waals surface area contributed by atoms with E-state index in [2.05, 4.69) is 35.2 Å². The van der Waals surface area contributed by atoms with Crippen LogP contribution in [0.15, 0.2) is 30.3 Å². The van der Waals surface area contributed by atoms with E-state index in [4.69, 9.17) is 5.73 Å². The molecule has 4 nitrogen and oxygen atoms in total. The third-order valence-electron chi connectivity index (χ3n) is 5.40. The molecular formula is C20H31N3O. The Kier molecular flexibility index (Phi) is 5.57. The molecule has 1 aliphatic heterocycles. The molecule has 0 aromatic heterocycles. The van der Waals surface area contributed by atoms with Crippen molar-refractivity contribution in [3.05, 3.63) is 35.9 Å². The molecule has 1 aliphatic carbocycles. The van der Waals surface area contributed by atoms with Crippen LogP contribution in [0.2, 0.25) is 0 Å². The average molecular weight is 329 g/mol. The zero-order chi connectivity index (χ0) is 17.1. The second kappa shape index (κ2) is 7.66. The first-order chi connectivity index (χ1) is 11.6. The summed E-state index contributed by atoms with van der Waals surface area (Å²) < 4.78 is 0. The number of hydrogen-bond acceptors (Lipinski definition) is 3. The monoisotopic (exact) mass is 329 g/mol. The highest BCUT2D eigenvalue weighted by Crippen LogP contribution is 2.33. The van der Waals surface area contributed by atoms with Gasteiger partial charge in [-0.05, 0) is 37.2 Å². The first-order valence-corrected chi connectivity index (χ1v) is 9.40. The maximum Gasteiger partial charge on any atom is 0.239 e. The van der Waals surface area contributed by atoms with Gasteiger partial charge in [0.1, 0.15) is 0 Å². The number of carbonyl (C=O) groups is 1. The number of likely N-dealkylation sites (tertiary alicyclic amines) is 1. The van der Waals surface area contributed by atoms with Gasteiger partial charge in [-0.2, -0.15) is 0 Å². The van der Waals surface area contributed by atoms with Crippen LogP contribution in [-0.2, 0) is 11.3 Å². The number of carbonyl (C=O) groups excluding carboxylic acids is 1. The summed E-state index contributed by atoms with van der Waals surface area (Å²) in [6.07, 6.45) is 4.86. The predicted octanol–water partition coefficient (Wildman–Crippen LogP) is 2.63. The number of nitrogens with zero attached hydrogens (tertiary/aromatic N) is 2. The summed E-state index contributed by atoms with van der Waals surface area (Å²) in [6, 6.07) is 11.5. The number of rotatable bonds is 6. The minimum absolute atomic E-state index is 0.130. The van der Waals surface area contributed by atoms with Crippen LogP contribution < -0.4 is 5.73 Å². The van der Waals surface area contributed by atoms with Gasteiger partial charge in [-0.15, -0.1) is 0 Å². The molecular weight excluding hydrogens is 298 g/mol. The zero-order valence-electron chi connectivity index (χ0n) is 15.0. The van der Waals surface area contributed by atoms with Crippen molar-refractivity contribution in [2.45, 2.75) is 64.2 Å². The topological polar surface area (TPSA) is 49.6 Å². The van der Waals surface area contributed by atoms with Gasteiger partial charge >= 0.3 is 0 Å². The van der Waals surface area contributed by atoms with Crippen LogP contribution in [0.1, 0.15) is 45.1 Å². The fourth-order valence-corrected chi connectivity index (χ4v) is 3.68. The van der Waals surface area contributed by atoms with Crippen molar-refractivity contribution in [2.24, 2.45) is 11.7 Å². The highest BCUT2D eigenvalue weighted by Gasteiger charge is 2.37. The third kappa shape index (κ3) is 4.17. The number of benzene rings is 1. The number of amides is 1. The molecule has 1 saturated heterocycles. The number of hydrogen-bond donors (Lipinski definition) is 1. The zero-order valence-corrected chi connectivity index (χ0v) is 15.0. The molecule has 132 valence electrons. The summed E-state index contributed by atoms with van der Waals surface area (Å²) in [6.45, 7) is 6.74. The summed E-state index contributed by atoms with van der Waals surface area (Å²) in [5.41, 5.74) is 7.47. The molecule has 1 saturated carbocycles. The molecule has 1 aromatic carbocycles. The summed E-state index contributed by atoms with van der Waals surface area (Å²) in [7, 11) is 0. The van der Waals surface area contributed by atoms with Crippen LogP contribution in [0.25, 0.3) is 0 Å². The number of piperidine rings is 1. The van der Waals surface area contributed by atoms with E-state index in [1.54, 1.807) is 0 Å². The second-order valence-corrected chi connectivity index (χ2v) is 7.74. The van der Waals surface area contributed by atoms with E-state index in [-0.39, 0.29) is 17.9 Å². The molecule has 0 spiro atoms. The second-order valence-electron chi connectivity index (χ2n) is 7.74. The summed E-state index contributed by atoms with van der Waals surface area (Å²) in [5.74, 6) is 0.326. The Morgan fingerprint density at radius 3 is 2.54 bits per heavy atom. The lowest BCUT2D eigenvalue weighted by molar-refractivity contribution is -0.135. The van der Waals surface area contributed by atoms with Gasteiger partial charge in [-0.3, -0.25) is 9.69 Å². The van der Waals surface area contributed by atoms with Gasteiger partial charge in [-0.1, -0.05) is 44.2 Å². The van der Waals surface area contributed by atoms with Crippen molar-refractivity contribution in [1.29, 1.82) is 0 Å². The molecule has 2 atom stereocenters. The molecule has 1 unspecified atom stereocenters. The van der Waals surface area contributed by atoms with E-state index < -0.39 is 0 Å². The Balaban J connectivity index is 1.66. The van der Waals surface area contributed by atoms with Crippen LogP contribution in [-0.4, -0.2) is 46.9 Å². The van der Waals surface area contributed by atoms with E-state index in [0.717, 1.165) is 26.1 Å². The van der Waals surface area contributed by atoms with Gasteiger partial charge < -0.3 is 10.6 Å².